The van der Waals surface area contributed by atoms with Gasteiger partial charge in [0.2, 0.25) is 0 Å². The molecule has 2 aromatic rings. The Kier molecular flexibility index (Phi) is 6.61. The Hall–Kier alpha value is -2.56. The van der Waals surface area contributed by atoms with Crippen molar-refractivity contribution in [2.24, 2.45) is 0 Å². The van der Waals surface area contributed by atoms with Gasteiger partial charge in [-0.15, -0.1) is 0 Å². The fourth-order valence-electron chi connectivity index (χ4n) is 2.06. The quantitative estimate of drug-likeness (QED) is 0.536. The molecule has 134 valence electrons. The minimum absolute atomic E-state index is 0.132. The highest BCUT2D eigenvalue weighted by Crippen LogP contribution is 2.34. The Balaban J connectivity index is 2.33. The van der Waals surface area contributed by atoms with E-state index in [4.69, 9.17) is 21.1 Å². The molecule has 0 aliphatic rings. The maximum absolute atomic E-state index is 13.2. The second-order valence-corrected chi connectivity index (χ2v) is 6.24. The lowest BCUT2D eigenvalue weighted by molar-refractivity contribution is -0.112. The van der Waals surface area contributed by atoms with E-state index < -0.39 is 11.7 Å². The molecule has 0 radical (unpaired) electrons. The minimum atomic E-state index is -0.656. The third-order valence-electron chi connectivity index (χ3n) is 3.35. The molecular weight excluding hydrogens is 427 g/mol. The van der Waals surface area contributed by atoms with E-state index in [1.54, 1.807) is 12.1 Å². The van der Waals surface area contributed by atoms with E-state index in [2.05, 4.69) is 21.2 Å². The van der Waals surface area contributed by atoms with E-state index in [0.717, 1.165) is 6.07 Å². The molecule has 0 aliphatic heterocycles. The zero-order valence-electron chi connectivity index (χ0n) is 13.8. The second-order valence-electron chi connectivity index (χ2n) is 4.98. The summed E-state index contributed by atoms with van der Waals surface area (Å²) in [6, 6.07) is 8.86. The van der Waals surface area contributed by atoms with Gasteiger partial charge in [-0.2, -0.15) is 5.26 Å². The molecule has 0 unspecified atom stereocenters. The van der Waals surface area contributed by atoms with Crippen molar-refractivity contribution in [2.45, 2.75) is 0 Å². The molecule has 5 nitrogen and oxygen atoms in total. The van der Waals surface area contributed by atoms with Gasteiger partial charge in [0.25, 0.3) is 5.91 Å². The van der Waals surface area contributed by atoms with Gasteiger partial charge >= 0.3 is 0 Å². The number of amides is 1. The van der Waals surface area contributed by atoms with Crippen LogP contribution in [0.25, 0.3) is 6.08 Å². The number of rotatable bonds is 5. The Morgan fingerprint density at radius 1 is 1.27 bits per heavy atom. The monoisotopic (exact) mass is 438 g/mol. The molecule has 0 aromatic heterocycles. The molecule has 2 rings (SSSR count). The summed E-state index contributed by atoms with van der Waals surface area (Å²) in [4.78, 5) is 12.3. The van der Waals surface area contributed by atoms with Crippen LogP contribution in [0.15, 0.2) is 40.4 Å². The van der Waals surface area contributed by atoms with Crippen LogP contribution >= 0.6 is 27.5 Å². The summed E-state index contributed by atoms with van der Waals surface area (Å²) in [5.74, 6) is -0.308. The average Bonchev–Trinajstić information content (AvgIpc) is 2.63. The number of benzene rings is 2. The molecule has 26 heavy (non-hydrogen) atoms. The molecule has 0 aliphatic carbocycles. The summed E-state index contributed by atoms with van der Waals surface area (Å²) in [7, 11) is 2.98. The smallest absolute Gasteiger partial charge is 0.266 e. The van der Waals surface area contributed by atoms with Crippen molar-refractivity contribution in [3.63, 3.8) is 0 Å². The van der Waals surface area contributed by atoms with Crippen molar-refractivity contribution >= 4 is 45.2 Å². The first kappa shape index (κ1) is 19.8. The van der Waals surface area contributed by atoms with Crippen molar-refractivity contribution in [1.29, 1.82) is 5.26 Å². The van der Waals surface area contributed by atoms with Crippen LogP contribution in [0.3, 0.4) is 0 Å². The molecule has 0 spiro atoms. The van der Waals surface area contributed by atoms with Gasteiger partial charge in [0, 0.05) is 10.2 Å². The molecule has 0 heterocycles. The number of hydrogen-bond acceptors (Lipinski definition) is 4. The zero-order chi connectivity index (χ0) is 19.3. The highest BCUT2D eigenvalue weighted by molar-refractivity contribution is 9.10. The van der Waals surface area contributed by atoms with E-state index in [1.165, 1.54) is 32.4 Å². The van der Waals surface area contributed by atoms with Crippen LogP contribution in [0.5, 0.6) is 11.5 Å². The maximum Gasteiger partial charge on any atom is 0.266 e. The van der Waals surface area contributed by atoms with Crippen LogP contribution in [0.2, 0.25) is 5.02 Å². The van der Waals surface area contributed by atoms with Gasteiger partial charge < -0.3 is 14.8 Å². The number of nitrogens with zero attached hydrogens (tertiary/aromatic N) is 1. The first-order valence-corrected chi connectivity index (χ1v) is 8.36. The summed E-state index contributed by atoms with van der Waals surface area (Å²) >= 11 is 9.05. The molecule has 1 N–H and O–H groups in total. The fourth-order valence-corrected chi connectivity index (χ4v) is 2.67. The first-order chi connectivity index (χ1) is 12.4. The number of ether oxygens (including phenoxy) is 2. The predicted octanol–water partition coefficient (Wildman–Crippen LogP) is 4.80. The largest absolute Gasteiger partial charge is 0.493 e. The molecule has 0 saturated heterocycles. The Morgan fingerprint density at radius 3 is 2.50 bits per heavy atom. The number of anilines is 1. The summed E-state index contributed by atoms with van der Waals surface area (Å²) < 4.78 is 24.2. The third kappa shape index (κ3) is 4.54. The average molecular weight is 440 g/mol. The highest BCUT2D eigenvalue weighted by atomic mass is 79.9. The van der Waals surface area contributed by atoms with Gasteiger partial charge in [0.1, 0.15) is 17.5 Å². The normalized spacial score (nSPS) is 10.8. The molecule has 8 heteroatoms. The Morgan fingerprint density at radius 2 is 1.92 bits per heavy atom. The number of nitriles is 1. The van der Waals surface area contributed by atoms with Crippen LogP contribution < -0.4 is 14.8 Å². The summed E-state index contributed by atoms with van der Waals surface area (Å²) in [5, 5.41) is 11.7. The number of nitrogens with one attached hydrogen (secondary N) is 1. The Bertz CT molecular complexity index is 925. The van der Waals surface area contributed by atoms with Crippen molar-refractivity contribution < 1.29 is 18.7 Å². The van der Waals surface area contributed by atoms with Crippen LogP contribution in [0, 0.1) is 17.1 Å². The molecular formula is C18H13BrClFN2O3. The second kappa shape index (κ2) is 8.70. The first-order valence-electron chi connectivity index (χ1n) is 7.19. The van der Waals surface area contributed by atoms with Gasteiger partial charge in [0.15, 0.2) is 11.5 Å². The van der Waals surface area contributed by atoms with Crippen molar-refractivity contribution in [3.05, 3.63) is 56.8 Å². The van der Waals surface area contributed by atoms with E-state index >= 15 is 0 Å². The summed E-state index contributed by atoms with van der Waals surface area (Å²) in [6.45, 7) is 0. The molecule has 0 saturated carbocycles. The zero-order valence-corrected chi connectivity index (χ0v) is 16.1. The van der Waals surface area contributed by atoms with Crippen molar-refractivity contribution in [3.8, 4) is 17.6 Å². The molecule has 0 bridgehead atoms. The third-order valence-corrected chi connectivity index (χ3v) is 4.32. The van der Waals surface area contributed by atoms with Gasteiger partial charge in [-0.3, -0.25) is 4.79 Å². The van der Waals surface area contributed by atoms with Crippen LogP contribution in [-0.4, -0.2) is 20.1 Å². The van der Waals surface area contributed by atoms with Gasteiger partial charge in [-0.05, 0) is 42.0 Å². The summed E-state index contributed by atoms with van der Waals surface area (Å²) in [6.07, 6.45) is 1.40. The number of hydrogen-bond donors (Lipinski definition) is 1. The minimum Gasteiger partial charge on any atom is -0.493 e. The van der Waals surface area contributed by atoms with E-state index in [-0.39, 0.29) is 16.3 Å². The maximum atomic E-state index is 13.2. The number of methoxy groups -OCH3 is 2. The lowest BCUT2D eigenvalue weighted by Gasteiger charge is -2.10. The van der Waals surface area contributed by atoms with Gasteiger partial charge in [0.05, 0.1) is 19.2 Å². The number of halogens is 3. The number of carbonyl (C=O) groups is 1. The standard InChI is InChI=1S/C18H13BrClFN2O3/c1-25-16-6-10(13(19)8-17(16)26-2)5-11(9-22)18(24)23-12-3-4-15(21)14(20)7-12/h3-8H,1-2H3,(H,23,24)/b11-5+. The van der Waals surface area contributed by atoms with Gasteiger partial charge in [-0.25, -0.2) is 4.39 Å². The van der Waals surface area contributed by atoms with E-state index in [0.29, 0.717) is 21.5 Å². The van der Waals surface area contributed by atoms with Crippen LogP contribution in [0.1, 0.15) is 5.56 Å². The molecule has 0 fully saturated rings. The molecule has 2 aromatic carbocycles. The number of carbonyl (C=O) groups excluding carboxylic acids is 1. The van der Waals surface area contributed by atoms with Crippen molar-refractivity contribution in [2.75, 3.05) is 19.5 Å². The summed E-state index contributed by atoms with van der Waals surface area (Å²) in [5.41, 5.74) is 0.666. The highest BCUT2D eigenvalue weighted by Gasteiger charge is 2.14. The van der Waals surface area contributed by atoms with Crippen LogP contribution in [-0.2, 0) is 4.79 Å². The van der Waals surface area contributed by atoms with Crippen molar-refractivity contribution in [1.82, 2.24) is 0 Å². The van der Waals surface area contributed by atoms with E-state index in [1.807, 2.05) is 6.07 Å². The fraction of sp³-hybridized carbons (Fsp3) is 0.111. The molecule has 0 atom stereocenters. The lowest BCUT2D eigenvalue weighted by Crippen LogP contribution is -2.13. The van der Waals surface area contributed by atoms with Gasteiger partial charge in [-0.1, -0.05) is 27.5 Å². The molecule has 1 amide bonds. The van der Waals surface area contributed by atoms with Crippen LogP contribution in [0.4, 0.5) is 10.1 Å². The van der Waals surface area contributed by atoms with E-state index in [9.17, 15) is 14.4 Å². The topological polar surface area (TPSA) is 71.3 Å². The SMILES string of the molecule is COc1cc(Br)c(/C=C(\C#N)C(=O)Nc2ccc(F)c(Cl)c2)cc1OC. The predicted molar refractivity (Wildman–Crippen MR) is 101 cm³/mol. The Labute approximate surface area is 163 Å². The lowest BCUT2D eigenvalue weighted by atomic mass is 10.1.